The summed E-state index contributed by atoms with van der Waals surface area (Å²) >= 11 is 1.60. The maximum absolute atomic E-state index is 12.4. The van der Waals surface area contributed by atoms with Crippen molar-refractivity contribution in [1.29, 1.82) is 0 Å². The SMILES string of the molecule is CC(C)C(=O)c1sc(NC2CCCCC2)c(C2CC2)c1N. The van der Waals surface area contributed by atoms with Crippen molar-refractivity contribution in [3.05, 3.63) is 10.4 Å². The molecule has 0 radical (unpaired) electrons. The molecule has 0 spiro atoms. The highest BCUT2D eigenvalue weighted by Gasteiger charge is 2.34. The number of nitrogen functional groups attached to an aromatic ring is 1. The molecule has 0 atom stereocenters. The molecule has 0 bridgehead atoms. The smallest absolute Gasteiger partial charge is 0.177 e. The van der Waals surface area contributed by atoms with Gasteiger partial charge in [0.25, 0.3) is 0 Å². The van der Waals surface area contributed by atoms with Gasteiger partial charge in [-0.05, 0) is 31.6 Å². The standard InChI is InChI=1S/C17H26N2OS/c1-10(2)15(20)16-14(18)13(11-8-9-11)17(21-16)19-12-6-4-3-5-7-12/h10-12,19H,3-9,18H2,1-2H3. The molecule has 2 fully saturated rings. The van der Waals surface area contributed by atoms with Crippen LogP contribution in [0.15, 0.2) is 0 Å². The number of hydrogen-bond acceptors (Lipinski definition) is 4. The summed E-state index contributed by atoms with van der Waals surface area (Å²) in [6.07, 6.45) is 8.91. The third-order valence-electron chi connectivity index (χ3n) is 4.66. The zero-order valence-corrected chi connectivity index (χ0v) is 13.9. The van der Waals surface area contributed by atoms with Crippen LogP contribution in [0.3, 0.4) is 0 Å². The number of anilines is 2. The van der Waals surface area contributed by atoms with E-state index in [1.54, 1.807) is 11.3 Å². The van der Waals surface area contributed by atoms with Gasteiger partial charge in [-0.2, -0.15) is 0 Å². The molecule has 1 aromatic heterocycles. The van der Waals surface area contributed by atoms with E-state index in [-0.39, 0.29) is 11.7 Å². The molecule has 3 N–H and O–H groups in total. The van der Waals surface area contributed by atoms with E-state index >= 15 is 0 Å². The second-order valence-corrected chi connectivity index (χ2v) is 7.88. The van der Waals surface area contributed by atoms with Crippen LogP contribution in [0.1, 0.15) is 79.9 Å². The molecule has 2 aliphatic rings. The number of carbonyl (C=O) groups is 1. The molecule has 4 heteroatoms. The highest BCUT2D eigenvalue weighted by atomic mass is 32.1. The Bertz CT molecular complexity index is 525. The molecule has 0 unspecified atom stereocenters. The zero-order chi connectivity index (χ0) is 15.0. The second kappa shape index (κ2) is 5.99. The van der Waals surface area contributed by atoms with Crippen molar-refractivity contribution in [1.82, 2.24) is 0 Å². The highest BCUT2D eigenvalue weighted by molar-refractivity contribution is 7.18. The van der Waals surface area contributed by atoms with Gasteiger partial charge in [-0.1, -0.05) is 33.1 Å². The van der Waals surface area contributed by atoms with Gasteiger partial charge in [0.15, 0.2) is 5.78 Å². The number of nitrogens with two attached hydrogens (primary N) is 1. The monoisotopic (exact) mass is 306 g/mol. The van der Waals surface area contributed by atoms with E-state index in [0.717, 1.165) is 10.6 Å². The molecule has 1 heterocycles. The van der Waals surface area contributed by atoms with Gasteiger partial charge in [-0.15, -0.1) is 11.3 Å². The predicted molar refractivity (Wildman–Crippen MR) is 90.4 cm³/mol. The van der Waals surface area contributed by atoms with Gasteiger partial charge in [-0.3, -0.25) is 4.79 Å². The topological polar surface area (TPSA) is 55.1 Å². The van der Waals surface area contributed by atoms with Crippen LogP contribution in [0.4, 0.5) is 10.7 Å². The van der Waals surface area contributed by atoms with Crippen LogP contribution in [0.2, 0.25) is 0 Å². The van der Waals surface area contributed by atoms with Gasteiger partial charge in [-0.25, -0.2) is 0 Å². The van der Waals surface area contributed by atoms with Gasteiger partial charge in [0.2, 0.25) is 0 Å². The zero-order valence-electron chi connectivity index (χ0n) is 13.1. The minimum Gasteiger partial charge on any atom is -0.397 e. The summed E-state index contributed by atoms with van der Waals surface area (Å²) < 4.78 is 0. The van der Waals surface area contributed by atoms with Crippen LogP contribution in [-0.2, 0) is 0 Å². The highest BCUT2D eigenvalue weighted by Crippen LogP contribution is 2.51. The Kier molecular flexibility index (Phi) is 4.25. The van der Waals surface area contributed by atoms with Gasteiger partial charge in [0, 0.05) is 17.5 Å². The Hall–Kier alpha value is -1.03. The van der Waals surface area contributed by atoms with E-state index in [4.69, 9.17) is 5.73 Å². The largest absolute Gasteiger partial charge is 0.397 e. The summed E-state index contributed by atoms with van der Waals surface area (Å²) in [6, 6.07) is 0.566. The minimum atomic E-state index is 0.0144. The molecule has 0 amide bonds. The Morgan fingerprint density at radius 2 is 1.86 bits per heavy atom. The van der Waals surface area contributed by atoms with Gasteiger partial charge < -0.3 is 11.1 Å². The van der Waals surface area contributed by atoms with E-state index < -0.39 is 0 Å². The fourth-order valence-corrected chi connectivity index (χ4v) is 4.59. The first-order valence-corrected chi connectivity index (χ1v) is 9.12. The maximum atomic E-state index is 12.4. The lowest BCUT2D eigenvalue weighted by Gasteiger charge is -2.23. The summed E-state index contributed by atoms with van der Waals surface area (Å²) in [5.74, 6) is 0.790. The molecule has 116 valence electrons. The molecule has 0 aliphatic heterocycles. The lowest BCUT2D eigenvalue weighted by molar-refractivity contribution is 0.0944. The number of thiophene rings is 1. The first-order valence-electron chi connectivity index (χ1n) is 8.30. The van der Waals surface area contributed by atoms with Crippen LogP contribution in [-0.4, -0.2) is 11.8 Å². The normalized spacial score (nSPS) is 20.0. The third-order valence-corrected chi connectivity index (χ3v) is 5.82. The number of ketones is 1. The van der Waals surface area contributed by atoms with Crippen LogP contribution >= 0.6 is 11.3 Å². The molecular formula is C17H26N2OS. The Labute approximate surface area is 131 Å². The van der Waals surface area contributed by atoms with Crippen molar-refractivity contribution in [2.24, 2.45) is 5.92 Å². The molecule has 1 aromatic rings. The van der Waals surface area contributed by atoms with Gasteiger partial charge in [0.05, 0.1) is 15.6 Å². The molecule has 3 nitrogen and oxygen atoms in total. The molecule has 0 saturated heterocycles. The summed E-state index contributed by atoms with van der Waals surface area (Å²) in [4.78, 5) is 13.2. The summed E-state index contributed by atoms with van der Waals surface area (Å²) in [7, 11) is 0. The fraction of sp³-hybridized carbons (Fsp3) is 0.706. The van der Waals surface area contributed by atoms with E-state index in [1.165, 1.54) is 55.5 Å². The second-order valence-electron chi connectivity index (χ2n) is 6.86. The predicted octanol–water partition coefficient (Wildman–Crippen LogP) is 4.79. The average molecular weight is 306 g/mol. The van der Waals surface area contributed by atoms with Gasteiger partial charge in [0.1, 0.15) is 0 Å². The Morgan fingerprint density at radius 1 is 1.19 bits per heavy atom. The van der Waals surface area contributed by atoms with Crippen LogP contribution in [0, 0.1) is 5.92 Å². The molecule has 0 aromatic carbocycles. The quantitative estimate of drug-likeness (QED) is 0.769. The lowest BCUT2D eigenvalue weighted by atomic mass is 9.95. The van der Waals surface area contributed by atoms with E-state index in [2.05, 4.69) is 5.32 Å². The summed E-state index contributed by atoms with van der Waals surface area (Å²) in [6.45, 7) is 3.90. The lowest BCUT2D eigenvalue weighted by Crippen LogP contribution is -2.22. The van der Waals surface area contributed by atoms with Crippen molar-refractivity contribution in [3.63, 3.8) is 0 Å². The van der Waals surface area contributed by atoms with Crippen molar-refractivity contribution in [3.8, 4) is 0 Å². The number of carbonyl (C=O) groups excluding carboxylic acids is 1. The number of rotatable bonds is 5. The Balaban J connectivity index is 1.87. The number of hydrogen-bond donors (Lipinski definition) is 2. The molecule has 2 saturated carbocycles. The van der Waals surface area contributed by atoms with E-state index in [9.17, 15) is 4.79 Å². The van der Waals surface area contributed by atoms with Crippen molar-refractivity contribution < 1.29 is 4.79 Å². The van der Waals surface area contributed by atoms with Crippen molar-refractivity contribution in [2.75, 3.05) is 11.1 Å². The summed E-state index contributed by atoms with van der Waals surface area (Å²) in [5, 5.41) is 4.90. The number of Topliss-reactive ketones (excluding diaryl/α,β-unsaturated/α-hetero) is 1. The first-order chi connectivity index (χ1) is 10.1. The van der Waals surface area contributed by atoms with E-state index in [0.29, 0.717) is 12.0 Å². The summed E-state index contributed by atoms with van der Waals surface area (Å²) in [5.41, 5.74) is 8.35. The minimum absolute atomic E-state index is 0.0144. The van der Waals surface area contributed by atoms with Crippen LogP contribution in [0.5, 0.6) is 0 Å². The first kappa shape index (κ1) is 14.9. The molecule has 2 aliphatic carbocycles. The molecule has 21 heavy (non-hydrogen) atoms. The number of nitrogens with one attached hydrogen (secondary N) is 1. The van der Waals surface area contributed by atoms with E-state index in [1.807, 2.05) is 13.8 Å². The average Bonchev–Trinajstić information content (AvgIpc) is 3.24. The third kappa shape index (κ3) is 3.10. The Morgan fingerprint density at radius 3 is 2.43 bits per heavy atom. The van der Waals surface area contributed by atoms with Crippen LogP contribution in [0.25, 0.3) is 0 Å². The molecular weight excluding hydrogens is 280 g/mol. The molecule has 3 rings (SSSR count). The van der Waals surface area contributed by atoms with Crippen molar-refractivity contribution in [2.45, 2.75) is 70.8 Å². The van der Waals surface area contributed by atoms with Crippen LogP contribution < -0.4 is 11.1 Å². The van der Waals surface area contributed by atoms with Crippen molar-refractivity contribution >= 4 is 27.8 Å². The fourth-order valence-electron chi connectivity index (χ4n) is 3.22. The van der Waals surface area contributed by atoms with Gasteiger partial charge >= 0.3 is 0 Å². The maximum Gasteiger partial charge on any atom is 0.177 e.